The predicted octanol–water partition coefficient (Wildman–Crippen LogP) is 21.0. The second kappa shape index (κ2) is 64.0. The highest BCUT2D eigenvalue weighted by molar-refractivity contribution is 5.71. The third-order valence-corrected chi connectivity index (χ3v) is 14.5. The number of carbonyl (C=O) groups is 3. The summed E-state index contributed by atoms with van der Waals surface area (Å²) in [6.07, 6.45) is 86.2. The third kappa shape index (κ3) is 65.3. The summed E-state index contributed by atoms with van der Waals surface area (Å²) in [7, 11) is 5.97. The molecule has 0 saturated heterocycles. The summed E-state index contributed by atoms with van der Waals surface area (Å²) in [4.78, 5) is 37.6. The van der Waals surface area contributed by atoms with Crippen LogP contribution in [0, 0.1) is 0 Å². The van der Waals surface area contributed by atoms with Crippen LogP contribution in [0.15, 0.2) is 109 Å². The van der Waals surface area contributed by atoms with Crippen LogP contribution in [0.4, 0.5) is 0 Å². The molecular weight excluding hydrogens is 1030 g/mol. The molecule has 0 radical (unpaired) electrons. The van der Waals surface area contributed by atoms with E-state index in [1.54, 1.807) is 0 Å². The number of carboxylic acids is 1. The second-order valence-electron chi connectivity index (χ2n) is 23.7. The SMILES string of the molecule is CC/C=C\C/C=C\C/C=C\C/C=C\C/C=C\C/C=C\C/C=C\C/C=C\CCCCCCCCC(=O)OC(COC(=O)CCCCCCCCCCCCCCCCC/C=C\CCCCCCCCCC)COC(OCC[N+](C)(C)C)C(=O)O. The first kappa shape index (κ1) is 79.0. The van der Waals surface area contributed by atoms with E-state index in [2.05, 4.69) is 123 Å². The Balaban J connectivity index is 4.21. The quantitative estimate of drug-likeness (QED) is 0.0211. The number of carbonyl (C=O) groups excluding carboxylic acids is 2. The number of unbranched alkanes of at least 4 members (excludes halogenated alkanes) is 29. The van der Waals surface area contributed by atoms with E-state index in [-0.39, 0.29) is 32.2 Å². The topological polar surface area (TPSA) is 108 Å². The molecule has 476 valence electrons. The van der Waals surface area contributed by atoms with E-state index in [1.165, 1.54) is 141 Å². The highest BCUT2D eigenvalue weighted by Gasteiger charge is 2.25. The summed E-state index contributed by atoms with van der Waals surface area (Å²) in [6.45, 7) is 4.76. The lowest BCUT2D eigenvalue weighted by Crippen LogP contribution is -2.40. The van der Waals surface area contributed by atoms with Crippen molar-refractivity contribution in [3.05, 3.63) is 109 Å². The Morgan fingerprint density at radius 1 is 0.373 bits per heavy atom. The van der Waals surface area contributed by atoms with Crippen LogP contribution in [0.1, 0.15) is 284 Å². The fourth-order valence-electron chi connectivity index (χ4n) is 9.32. The molecule has 0 rings (SSSR count). The van der Waals surface area contributed by atoms with Crippen LogP contribution in [0.25, 0.3) is 0 Å². The number of rotatable bonds is 62. The Bertz CT molecular complexity index is 1730. The minimum Gasteiger partial charge on any atom is -0.477 e. The molecule has 0 aromatic rings. The zero-order valence-corrected chi connectivity index (χ0v) is 54.3. The summed E-state index contributed by atoms with van der Waals surface area (Å²) in [5, 5.41) is 9.74. The Morgan fingerprint density at radius 3 is 1.04 bits per heavy atom. The number of quaternary nitrogens is 1. The lowest BCUT2D eigenvalue weighted by molar-refractivity contribution is -0.870. The molecule has 0 aromatic carbocycles. The fraction of sp³-hybridized carbons (Fsp3) is 0.716. The minimum atomic E-state index is -1.52. The van der Waals surface area contributed by atoms with Gasteiger partial charge in [0.05, 0.1) is 34.4 Å². The van der Waals surface area contributed by atoms with Gasteiger partial charge in [-0.1, -0.05) is 277 Å². The van der Waals surface area contributed by atoms with E-state index >= 15 is 0 Å². The first-order valence-electron chi connectivity index (χ1n) is 34.1. The Kier molecular flexibility index (Phi) is 60.8. The van der Waals surface area contributed by atoms with E-state index in [0.29, 0.717) is 23.9 Å². The lowest BCUT2D eigenvalue weighted by atomic mass is 10.0. The number of allylic oxidation sites excluding steroid dienone is 18. The summed E-state index contributed by atoms with van der Waals surface area (Å²) < 4.78 is 23.0. The van der Waals surface area contributed by atoms with E-state index in [9.17, 15) is 19.5 Å². The molecule has 0 saturated carbocycles. The molecule has 0 aliphatic rings. The molecule has 0 aromatic heterocycles. The largest absolute Gasteiger partial charge is 0.477 e. The van der Waals surface area contributed by atoms with Gasteiger partial charge in [-0.2, -0.15) is 0 Å². The van der Waals surface area contributed by atoms with Gasteiger partial charge in [-0.05, 0) is 103 Å². The van der Waals surface area contributed by atoms with Crippen molar-refractivity contribution < 1.29 is 42.9 Å². The van der Waals surface area contributed by atoms with E-state index in [0.717, 1.165) is 109 Å². The van der Waals surface area contributed by atoms with Crippen LogP contribution in [0.2, 0.25) is 0 Å². The van der Waals surface area contributed by atoms with Gasteiger partial charge in [0.1, 0.15) is 13.2 Å². The molecule has 0 amide bonds. The van der Waals surface area contributed by atoms with Crippen molar-refractivity contribution in [1.29, 1.82) is 0 Å². The number of esters is 2. The van der Waals surface area contributed by atoms with E-state index in [4.69, 9.17) is 18.9 Å². The molecule has 9 heteroatoms. The van der Waals surface area contributed by atoms with Gasteiger partial charge in [0.15, 0.2) is 6.10 Å². The molecule has 83 heavy (non-hydrogen) atoms. The maximum Gasteiger partial charge on any atom is 0.361 e. The molecule has 0 aliphatic carbocycles. The van der Waals surface area contributed by atoms with Gasteiger partial charge >= 0.3 is 17.9 Å². The average molecular weight is 1160 g/mol. The van der Waals surface area contributed by atoms with Gasteiger partial charge in [0.2, 0.25) is 0 Å². The van der Waals surface area contributed by atoms with Gasteiger partial charge in [-0.3, -0.25) is 9.59 Å². The van der Waals surface area contributed by atoms with Crippen molar-refractivity contribution in [1.82, 2.24) is 0 Å². The Morgan fingerprint density at radius 2 is 0.687 bits per heavy atom. The highest BCUT2D eigenvalue weighted by Crippen LogP contribution is 2.17. The van der Waals surface area contributed by atoms with Crippen molar-refractivity contribution in [2.24, 2.45) is 0 Å². The summed E-state index contributed by atoms with van der Waals surface area (Å²) in [6, 6.07) is 0. The Labute approximate surface area is 511 Å². The average Bonchev–Trinajstić information content (AvgIpc) is 3.46. The van der Waals surface area contributed by atoms with Gasteiger partial charge in [0, 0.05) is 12.8 Å². The molecule has 0 spiro atoms. The second-order valence-corrected chi connectivity index (χ2v) is 23.7. The molecule has 0 fully saturated rings. The summed E-state index contributed by atoms with van der Waals surface area (Å²) >= 11 is 0. The molecule has 9 nitrogen and oxygen atoms in total. The van der Waals surface area contributed by atoms with Crippen LogP contribution in [-0.2, 0) is 33.3 Å². The van der Waals surface area contributed by atoms with Crippen molar-refractivity contribution in [3.8, 4) is 0 Å². The first-order valence-corrected chi connectivity index (χ1v) is 34.1. The molecular formula is C74H128NO8+. The number of nitrogens with zero attached hydrogens (tertiary/aromatic N) is 1. The van der Waals surface area contributed by atoms with Crippen LogP contribution in [-0.4, -0.2) is 87.4 Å². The lowest BCUT2D eigenvalue weighted by Gasteiger charge is -2.25. The standard InChI is InChI=1S/C74H127NO8/c1-6-8-10-12-14-16-18-20-22-24-26-28-30-32-34-35-36-37-39-41-43-45-47-49-51-53-55-57-59-61-63-65-72(77)83-70(69-82-74(73(78)79)80-67-66-75(3,4)5)68-81-71(76)64-62-60-58-56-54-52-50-48-46-44-42-40-38-33-31-29-27-25-23-21-19-17-15-13-11-9-7-2/h8,10,14,16,20,22,25-28,32,34,36-37,41,43,47,49,70,74H,6-7,9,11-13,15,17-19,21,23-24,29-31,33,35,38-40,42,44-46,48,50-69H2,1-5H3/p+1/b10-8-,16-14-,22-20-,27-25-,28-26-,34-32-,37-36-,43-41-,49-47-. The molecule has 1 N–H and O–H groups in total. The zero-order chi connectivity index (χ0) is 60.5. The number of hydrogen-bond donors (Lipinski definition) is 1. The van der Waals surface area contributed by atoms with Crippen molar-refractivity contribution >= 4 is 17.9 Å². The molecule has 0 bridgehead atoms. The van der Waals surface area contributed by atoms with E-state index < -0.39 is 24.3 Å². The number of likely N-dealkylation sites (N-methyl/N-ethyl adjacent to an activating group) is 1. The molecule has 2 atom stereocenters. The van der Waals surface area contributed by atoms with Crippen molar-refractivity contribution in [2.75, 3.05) is 47.5 Å². The molecule has 0 heterocycles. The van der Waals surface area contributed by atoms with Gasteiger partial charge in [-0.25, -0.2) is 4.79 Å². The van der Waals surface area contributed by atoms with Crippen LogP contribution < -0.4 is 0 Å². The van der Waals surface area contributed by atoms with E-state index in [1.807, 2.05) is 21.1 Å². The monoisotopic (exact) mass is 1160 g/mol. The zero-order valence-electron chi connectivity index (χ0n) is 54.3. The minimum absolute atomic E-state index is 0.180. The number of carboxylic acid groups (broad SMARTS) is 1. The first-order chi connectivity index (χ1) is 40.6. The van der Waals surface area contributed by atoms with Gasteiger partial charge < -0.3 is 28.5 Å². The highest BCUT2D eigenvalue weighted by atomic mass is 16.7. The Hall–Kier alpha value is -4.05. The van der Waals surface area contributed by atoms with Crippen LogP contribution in [0.5, 0.6) is 0 Å². The normalized spacial score (nSPS) is 13.4. The number of aliphatic carboxylic acids is 1. The summed E-state index contributed by atoms with van der Waals surface area (Å²) in [5.41, 5.74) is 0. The maximum atomic E-state index is 12.9. The van der Waals surface area contributed by atoms with Crippen molar-refractivity contribution in [3.63, 3.8) is 0 Å². The maximum absolute atomic E-state index is 12.9. The predicted molar refractivity (Wildman–Crippen MR) is 355 cm³/mol. The molecule has 0 aliphatic heterocycles. The number of hydrogen-bond acceptors (Lipinski definition) is 7. The fourth-order valence-corrected chi connectivity index (χ4v) is 9.32. The van der Waals surface area contributed by atoms with Crippen LogP contribution in [0.3, 0.4) is 0 Å². The van der Waals surface area contributed by atoms with Gasteiger partial charge in [0.25, 0.3) is 6.29 Å². The van der Waals surface area contributed by atoms with Crippen molar-refractivity contribution in [2.45, 2.75) is 296 Å². The third-order valence-electron chi connectivity index (χ3n) is 14.5. The van der Waals surface area contributed by atoms with Crippen LogP contribution >= 0.6 is 0 Å². The molecule has 2 unspecified atom stereocenters. The van der Waals surface area contributed by atoms with Gasteiger partial charge in [-0.15, -0.1) is 0 Å². The summed E-state index contributed by atoms with van der Waals surface area (Å²) in [5.74, 6) is -2.02. The number of ether oxygens (including phenoxy) is 4. The smallest absolute Gasteiger partial charge is 0.361 e.